The normalized spacial score (nSPS) is 23.2. The molecule has 6 heteroatoms. The maximum absolute atomic E-state index is 11.1. The first-order valence-electron chi connectivity index (χ1n) is 6.49. The Morgan fingerprint density at radius 2 is 2.42 bits per heavy atom. The molecule has 19 heavy (non-hydrogen) atoms. The van der Waals surface area contributed by atoms with Gasteiger partial charge in [-0.3, -0.25) is 0 Å². The smallest absolute Gasteiger partial charge is 0.339 e. The van der Waals surface area contributed by atoms with E-state index in [1.807, 2.05) is 11.8 Å². The van der Waals surface area contributed by atoms with Crippen molar-refractivity contribution < 1.29 is 9.90 Å². The number of thioether (sulfide) groups is 1. The third-order valence-electron chi connectivity index (χ3n) is 3.54. The fourth-order valence-corrected chi connectivity index (χ4v) is 3.29. The van der Waals surface area contributed by atoms with Crippen LogP contribution >= 0.6 is 11.8 Å². The lowest BCUT2D eigenvalue weighted by Crippen LogP contribution is -2.35. The van der Waals surface area contributed by atoms with Crippen LogP contribution in [0.5, 0.6) is 0 Å². The number of aromatic nitrogens is 2. The molecule has 0 bridgehead atoms. The van der Waals surface area contributed by atoms with Crippen LogP contribution in [0, 0.1) is 0 Å². The number of rotatable bonds is 5. The minimum atomic E-state index is -0.969. The highest BCUT2D eigenvalue weighted by Crippen LogP contribution is 2.27. The van der Waals surface area contributed by atoms with Crippen LogP contribution in [0.15, 0.2) is 12.5 Å². The molecule has 1 aliphatic carbocycles. The van der Waals surface area contributed by atoms with Crippen LogP contribution in [0.4, 0.5) is 0 Å². The lowest BCUT2D eigenvalue weighted by atomic mass is 9.95. The first-order valence-corrected chi connectivity index (χ1v) is 7.78. The van der Waals surface area contributed by atoms with Crippen molar-refractivity contribution in [2.75, 3.05) is 6.26 Å². The van der Waals surface area contributed by atoms with Gasteiger partial charge in [-0.15, -0.1) is 0 Å². The van der Waals surface area contributed by atoms with Gasteiger partial charge < -0.3 is 10.4 Å². The quantitative estimate of drug-likeness (QED) is 0.859. The molecule has 0 amide bonds. The Morgan fingerprint density at radius 3 is 3.16 bits per heavy atom. The molecule has 0 aromatic carbocycles. The van der Waals surface area contributed by atoms with Crippen molar-refractivity contribution in [3.8, 4) is 0 Å². The highest BCUT2D eigenvalue weighted by Gasteiger charge is 2.21. The summed E-state index contributed by atoms with van der Waals surface area (Å²) in [7, 11) is 0. The Bertz CT molecular complexity index is 442. The van der Waals surface area contributed by atoms with Gasteiger partial charge in [-0.25, -0.2) is 14.8 Å². The number of nitrogens with zero attached hydrogens (tertiary/aromatic N) is 2. The number of carboxylic acids is 1. The highest BCUT2D eigenvalue weighted by atomic mass is 32.2. The van der Waals surface area contributed by atoms with Crippen LogP contribution in [0.3, 0.4) is 0 Å². The van der Waals surface area contributed by atoms with E-state index >= 15 is 0 Å². The second-order valence-corrected chi connectivity index (χ2v) is 5.93. The van der Waals surface area contributed by atoms with Gasteiger partial charge in [0.25, 0.3) is 0 Å². The number of nitrogens with one attached hydrogen (secondary N) is 1. The Balaban J connectivity index is 1.93. The van der Waals surface area contributed by atoms with Gasteiger partial charge in [0.1, 0.15) is 11.9 Å². The van der Waals surface area contributed by atoms with E-state index < -0.39 is 5.97 Å². The molecule has 1 saturated carbocycles. The lowest BCUT2D eigenvalue weighted by molar-refractivity contribution is 0.0694. The first-order chi connectivity index (χ1) is 9.20. The molecule has 0 aliphatic heterocycles. The van der Waals surface area contributed by atoms with Gasteiger partial charge >= 0.3 is 5.97 Å². The summed E-state index contributed by atoms with van der Waals surface area (Å²) in [6.45, 7) is 0.496. The number of hydrogen-bond acceptors (Lipinski definition) is 5. The van der Waals surface area contributed by atoms with Crippen molar-refractivity contribution in [2.45, 2.75) is 43.5 Å². The van der Waals surface area contributed by atoms with E-state index in [0.29, 0.717) is 18.3 Å². The minimum absolute atomic E-state index is 0.187. The molecule has 1 aromatic rings. The molecule has 104 valence electrons. The maximum atomic E-state index is 11.1. The summed E-state index contributed by atoms with van der Waals surface area (Å²) in [5.41, 5.74) is 0.751. The monoisotopic (exact) mass is 281 g/mol. The predicted molar refractivity (Wildman–Crippen MR) is 75.4 cm³/mol. The topological polar surface area (TPSA) is 75.1 Å². The van der Waals surface area contributed by atoms with Crippen molar-refractivity contribution in [3.63, 3.8) is 0 Å². The number of aromatic carboxylic acids is 1. The summed E-state index contributed by atoms with van der Waals surface area (Å²) in [6, 6.07) is 0.461. The van der Waals surface area contributed by atoms with Crippen molar-refractivity contribution in [1.82, 2.24) is 15.3 Å². The zero-order valence-corrected chi connectivity index (χ0v) is 11.8. The van der Waals surface area contributed by atoms with E-state index in [-0.39, 0.29) is 5.56 Å². The van der Waals surface area contributed by atoms with Crippen molar-refractivity contribution in [3.05, 3.63) is 23.8 Å². The van der Waals surface area contributed by atoms with Gasteiger partial charge in [0.05, 0.1) is 5.69 Å². The minimum Gasteiger partial charge on any atom is -0.478 e. The molecule has 0 spiro atoms. The molecule has 1 aromatic heterocycles. The number of carbonyl (C=O) groups is 1. The Labute approximate surface area is 117 Å². The van der Waals surface area contributed by atoms with Crippen LogP contribution in [0.25, 0.3) is 0 Å². The predicted octanol–water partition coefficient (Wildman–Crippen LogP) is 1.94. The summed E-state index contributed by atoms with van der Waals surface area (Å²) in [6.07, 6.45) is 9.73. The van der Waals surface area contributed by atoms with E-state index in [4.69, 9.17) is 5.11 Å². The summed E-state index contributed by atoms with van der Waals surface area (Å²) in [5.74, 6) is -0.969. The molecule has 2 rings (SSSR count). The largest absolute Gasteiger partial charge is 0.478 e. The maximum Gasteiger partial charge on any atom is 0.339 e. The van der Waals surface area contributed by atoms with Crippen LogP contribution < -0.4 is 5.32 Å². The van der Waals surface area contributed by atoms with Crippen LogP contribution in [-0.2, 0) is 6.54 Å². The van der Waals surface area contributed by atoms with Gasteiger partial charge in [0, 0.05) is 24.0 Å². The average molecular weight is 281 g/mol. The summed E-state index contributed by atoms with van der Waals surface area (Å²) < 4.78 is 0. The fraction of sp³-hybridized carbons (Fsp3) is 0.615. The SMILES string of the molecule is CSC1CCCC(NCc2ncncc2C(=O)O)C1. The Morgan fingerprint density at radius 1 is 1.58 bits per heavy atom. The highest BCUT2D eigenvalue weighted by molar-refractivity contribution is 7.99. The molecular formula is C13H19N3O2S. The molecule has 5 nitrogen and oxygen atoms in total. The van der Waals surface area contributed by atoms with E-state index in [2.05, 4.69) is 21.5 Å². The molecule has 1 fully saturated rings. The molecule has 0 radical (unpaired) electrons. The number of carboxylic acid groups (broad SMARTS) is 1. The Kier molecular flexibility index (Phi) is 5.15. The van der Waals surface area contributed by atoms with Gasteiger partial charge in [-0.2, -0.15) is 11.8 Å². The second kappa shape index (κ2) is 6.86. The van der Waals surface area contributed by atoms with E-state index in [1.165, 1.54) is 25.4 Å². The molecule has 1 heterocycles. The summed E-state index contributed by atoms with van der Waals surface area (Å²) in [4.78, 5) is 18.9. The summed E-state index contributed by atoms with van der Waals surface area (Å²) in [5, 5.41) is 13.2. The van der Waals surface area contributed by atoms with Crippen molar-refractivity contribution >= 4 is 17.7 Å². The van der Waals surface area contributed by atoms with E-state index in [0.717, 1.165) is 18.1 Å². The van der Waals surface area contributed by atoms with E-state index in [9.17, 15) is 4.79 Å². The average Bonchev–Trinajstić information content (AvgIpc) is 2.45. The van der Waals surface area contributed by atoms with Crippen LogP contribution in [0.1, 0.15) is 41.7 Å². The van der Waals surface area contributed by atoms with Crippen LogP contribution in [-0.4, -0.2) is 38.6 Å². The van der Waals surface area contributed by atoms with Crippen molar-refractivity contribution in [2.24, 2.45) is 0 Å². The fourth-order valence-electron chi connectivity index (χ4n) is 2.46. The zero-order chi connectivity index (χ0) is 13.7. The van der Waals surface area contributed by atoms with Gasteiger partial charge in [0.2, 0.25) is 0 Å². The molecule has 2 unspecified atom stereocenters. The molecule has 1 aliphatic rings. The third kappa shape index (κ3) is 3.91. The third-order valence-corrected chi connectivity index (χ3v) is 4.64. The van der Waals surface area contributed by atoms with Gasteiger partial charge in [-0.1, -0.05) is 6.42 Å². The second-order valence-electron chi connectivity index (χ2n) is 4.79. The molecule has 2 N–H and O–H groups in total. The Hall–Kier alpha value is -1.14. The molecule has 0 saturated heterocycles. The molecule has 2 atom stereocenters. The van der Waals surface area contributed by atoms with Crippen molar-refractivity contribution in [1.29, 1.82) is 0 Å². The standard InChI is InChI=1S/C13H19N3O2S/c1-19-10-4-2-3-9(5-10)15-7-12-11(13(17)18)6-14-8-16-12/h6,8-10,15H,2-5,7H2,1H3,(H,17,18). The molecular weight excluding hydrogens is 262 g/mol. The zero-order valence-electron chi connectivity index (χ0n) is 11.0. The van der Waals surface area contributed by atoms with Gasteiger partial charge in [0.15, 0.2) is 0 Å². The van der Waals surface area contributed by atoms with E-state index in [1.54, 1.807) is 0 Å². The number of hydrogen-bond donors (Lipinski definition) is 2. The first kappa shape index (κ1) is 14.3. The van der Waals surface area contributed by atoms with Gasteiger partial charge in [-0.05, 0) is 25.5 Å². The lowest BCUT2D eigenvalue weighted by Gasteiger charge is -2.28. The summed E-state index contributed by atoms with van der Waals surface area (Å²) >= 11 is 1.92. The van der Waals surface area contributed by atoms with Crippen LogP contribution in [0.2, 0.25) is 0 Å².